The molecule has 132 valence electrons. The standard InChI is InChI=1S/C17H16ClFN2O4/c1-9-13(18)8-11(5-6-20)14(10-3-2-4-12(19)7-10)15(9)21(16(22)23)17(24)25/h2-4,7-8H,5-6,20H2,1H3,(H,22,23)(H,24,25). The number of amides is 2. The number of carbonyl (C=O) groups is 2. The maximum atomic E-state index is 13.7. The molecule has 0 bridgehead atoms. The lowest BCUT2D eigenvalue weighted by Crippen LogP contribution is -2.35. The second-order valence-corrected chi connectivity index (χ2v) is 5.72. The minimum absolute atomic E-state index is 0.124. The molecule has 0 unspecified atom stereocenters. The van der Waals surface area contributed by atoms with Gasteiger partial charge in [-0.15, -0.1) is 0 Å². The van der Waals surface area contributed by atoms with Gasteiger partial charge in [-0.1, -0.05) is 23.7 Å². The summed E-state index contributed by atoms with van der Waals surface area (Å²) in [6, 6.07) is 7.05. The molecular weight excluding hydrogens is 351 g/mol. The molecule has 0 spiro atoms. The van der Waals surface area contributed by atoms with Gasteiger partial charge in [0.15, 0.2) is 0 Å². The summed E-state index contributed by atoms with van der Waals surface area (Å²) in [5.74, 6) is -0.535. The van der Waals surface area contributed by atoms with Crippen LogP contribution in [0.1, 0.15) is 11.1 Å². The maximum absolute atomic E-state index is 13.7. The van der Waals surface area contributed by atoms with E-state index in [-0.39, 0.29) is 33.3 Å². The molecule has 2 aromatic rings. The molecule has 0 heterocycles. The molecule has 0 saturated carbocycles. The van der Waals surface area contributed by atoms with E-state index < -0.39 is 18.0 Å². The Bertz CT molecular complexity index is 828. The summed E-state index contributed by atoms with van der Waals surface area (Å²) in [6.45, 7) is 1.73. The summed E-state index contributed by atoms with van der Waals surface area (Å²) in [4.78, 5) is 23.2. The van der Waals surface area contributed by atoms with Gasteiger partial charge in [-0.05, 0) is 54.8 Å². The van der Waals surface area contributed by atoms with Gasteiger partial charge >= 0.3 is 12.2 Å². The van der Waals surface area contributed by atoms with Gasteiger partial charge in [0, 0.05) is 10.6 Å². The molecule has 0 aliphatic rings. The fraction of sp³-hybridized carbons (Fsp3) is 0.176. The lowest BCUT2D eigenvalue weighted by molar-refractivity contribution is 0.184. The van der Waals surface area contributed by atoms with Crippen molar-refractivity contribution in [3.05, 3.63) is 52.3 Å². The number of rotatable bonds is 4. The molecule has 0 aliphatic heterocycles. The van der Waals surface area contributed by atoms with Crippen molar-refractivity contribution in [2.75, 3.05) is 11.4 Å². The molecule has 0 atom stereocenters. The van der Waals surface area contributed by atoms with Crippen LogP contribution >= 0.6 is 11.6 Å². The van der Waals surface area contributed by atoms with E-state index in [1.807, 2.05) is 0 Å². The van der Waals surface area contributed by atoms with Gasteiger partial charge in [0.05, 0.1) is 5.69 Å². The zero-order chi connectivity index (χ0) is 18.7. The molecule has 0 radical (unpaired) electrons. The zero-order valence-corrected chi connectivity index (χ0v) is 14.0. The van der Waals surface area contributed by atoms with E-state index in [1.165, 1.54) is 25.1 Å². The number of hydrogen-bond acceptors (Lipinski definition) is 3. The minimum Gasteiger partial charge on any atom is -0.464 e. The van der Waals surface area contributed by atoms with Crippen molar-refractivity contribution in [1.82, 2.24) is 0 Å². The molecule has 0 aromatic heterocycles. The van der Waals surface area contributed by atoms with Crippen LogP contribution in [-0.2, 0) is 6.42 Å². The van der Waals surface area contributed by atoms with Crippen LogP contribution in [0.15, 0.2) is 30.3 Å². The predicted octanol–water partition coefficient (Wildman–Crippen LogP) is 4.12. The van der Waals surface area contributed by atoms with Gasteiger partial charge in [-0.3, -0.25) is 0 Å². The summed E-state index contributed by atoms with van der Waals surface area (Å²) in [5, 5.41) is 18.9. The second kappa shape index (κ2) is 7.50. The summed E-state index contributed by atoms with van der Waals surface area (Å²) >= 11 is 6.17. The van der Waals surface area contributed by atoms with Crippen LogP contribution in [0.4, 0.5) is 19.7 Å². The maximum Gasteiger partial charge on any atom is 0.421 e. The third-order valence-electron chi connectivity index (χ3n) is 3.71. The molecule has 4 N–H and O–H groups in total. The number of hydrogen-bond donors (Lipinski definition) is 3. The highest BCUT2D eigenvalue weighted by Crippen LogP contribution is 2.41. The van der Waals surface area contributed by atoms with E-state index in [1.54, 1.807) is 12.1 Å². The molecule has 2 aromatic carbocycles. The third kappa shape index (κ3) is 3.72. The molecular formula is C17H16ClFN2O4. The van der Waals surface area contributed by atoms with Crippen LogP contribution in [-0.4, -0.2) is 28.9 Å². The Morgan fingerprint density at radius 3 is 2.40 bits per heavy atom. The Morgan fingerprint density at radius 2 is 1.88 bits per heavy atom. The fourth-order valence-electron chi connectivity index (χ4n) is 2.66. The van der Waals surface area contributed by atoms with Gasteiger partial charge in [0.25, 0.3) is 0 Å². The van der Waals surface area contributed by atoms with Crippen molar-refractivity contribution in [3.63, 3.8) is 0 Å². The van der Waals surface area contributed by atoms with Gasteiger partial charge < -0.3 is 15.9 Å². The first-order valence-corrected chi connectivity index (χ1v) is 7.69. The van der Waals surface area contributed by atoms with E-state index >= 15 is 0 Å². The van der Waals surface area contributed by atoms with Crippen molar-refractivity contribution < 1.29 is 24.2 Å². The Kier molecular flexibility index (Phi) is 5.61. The highest BCUT2D eigenvalue weighted by atomic mass is 35.5. The lowest BCUT2D eigenvalue weighted by atomic mass is 9.92. The lowest BCUT2D eigenvalue weighted by Gasteiger charge is -2.24. The van der Waals surface area contributed by atoms with Gasteiger partial charge in [-0.2, -0.15) is 4.90 Å². The highest BCUT2D eigenvalue weighted by molar-refractivity contribution is 6.32. The second-order valence-electron chi connectivity index (χ2n) is 5.32. The summed E-state index contributed by atoms with van der Waals surface area (Å²) in [5.41, 5.74) is 6.89. The van der Waals surface area contributed by atoms with Crippen molar-refractivity contribution in [1.29, 1.82) is 0 Å². The smallest absolute Gasteiger partial charge is 0.421 e. The summed E-state index contributed by atoms with van der Waals surface area (Å²) < 4.78 is 13.7. The molecule has 0 fully saturated rings. The minimum atomic E-state index is -1.69. The monoisotopic (exact) mass is 366 g/mol. The zero-order valence-electron chi connectivity index (χ0n) is 13.3. The first kappa shape index (κ1) is 18.7. The molecule has 8 heteroatoms. The Balaban J connectivity index is 2.92. The van der Waals surface area contributed by atoms with E-state index in [0.29, 0.717) is 17.5 Å². The van der Waals surface area contributed by atoms with Gasteiger partial charge in [0.2, 0.25) is 0 Å². The molecule has 6 nitrogen and oxygen atoms in total. The Hall–Kier alpha value is -2.64. The number of imide groups is 1. The van der Waals surface area contributed by atoms with Crippen LogP contribution in [0.25, 0.3) is 11.1 Å². The third-order valence-corrected chi connectivity index (χ3v) is 4.10. The van der Waals surface area contributed by atoms with Crippen molar-refractivity contribution in [2.24, 2.45) is 5.73 Å². The number of nitrogens with zero attached hydrogens (tertiary/aromatic N) is 1. The fourth-order valence-corrected chi connectivity index (χ4v) is 2.88. The SMILES string of the molecule is Cc1c(Cl)cc(CCN)c(-c2cccc(F)c2)c1N(C(=O)O)C(=O)O. The average molecular weight is 367 g/mol. The number of carboxylic acid groups (broad SMARTS) is 2. The van der Waals surface area contributed by atoms with E-state index in [0.717, 1.165) is 0 Å². The van der Waals surface area contributed by atoms with E-state index in [9.17, 15) is 24.2 Å². The van der Waals surface area contributed by atoms with Crippen molar-refractivity contribution >= 4 is 29.5 Å². The Morgan fingerprint density at radius 1 is 1.24 bits per heavy atom. The molecule has 2 amide bonds. The largest absolute Gasteiger partial charge is 0.464 e. The molecule has 2 rings (SSSR count). The van der Waals surface area contributed by atoms with E-state index in [2.05, 4.69) is 0 Å². The number of anilines is 1. The summed E-state index contributed by atoms with van der Waals surface area (Å²) in [7, 11) is 0. The predicted molar refractivity (Wildman–Crippen MR) is 92.9 cm³/mol. The first-order valence-electron chi connectivity index (χ1n) is 7.31. The summed E-state index contributed by atoms with van der Waals surface area (Å²) in [6.07, 6.45) is -3.06. The van der Waals surface area contributed by atoms with Crippen LogP contribution in [0.5, 0.6) is 0 Å². The van der Waals surface area contributed by atoms with Gasteiger partial charge in [0.1, 0.15) is 5.82 Å². The average Bonchev–Trinajstić information content (AvgIpc) is 2.51. The quantitative estimate of drug-likeness (QED) is 0.755. The van der Waals surface area contributed by atoms with Crippen LogP contribution in [0.2, 0.25) is 5.02 Å². The molecule has 0 saturated heterocycles. The van der Waals surface area contributed by atoms with Crippen LogP contribution < -0.4 is 10.6 Å². The van der Waals surface area contributed by atoms with Crippen LogP contribution in [0, 0.1) is 12.7 Å². The molecule has 25 heavy (non-hydrogen) atoms. The van der Waals surface area contributed by atoms with Crippen molar-refractivity contribution in [3.8, 4) is 11.1 Å². The van der Waals surface area contributed by atoms with Gasteiger partial charge in [-0.25, -0.2) is 14.0 Å². The Labute approximate surface area is 148 Å². The van der Waals surface area contributed by atoms with E-state index in [4.69, 9.17) is 17.3 Å². The highest BCUT2D eigenvalue weighted by Gasteiger charge is 2.29. The first-order chi connectivity index (χ1) is 11.8. The number of benzene rings is 2. The number of halogens is 2. The molecule has 0 aliphatic carbocycles. The van der Waals surface area contributed by atoms with Crippen LogP contribution in [0.3, 0.4) is 0 Å². The number of nitrogens with two attached hydrogens (primary N) is 1. The normalized spacial score (nSPS) is 10.6. The topological polar surface area (TPSA) is 104 Å². The van der Waals surface area contributed by atoms with Crippen molar-refractivity contribution in [2.45, 2.75) is 13.3 Å².